The van der Waals surface area contributed by atoms with Crippen LogP contribution in [0.5, 0.6) is 11.5 Å². The van der Waals surface area contributed by atoms with Gasteiger partial charge in [0.1, 0.15) is 12.1 Å². The number of methoxy groups -OCH3 is 1. The average molecular weight is 419 g/mol. The minimum absolute atomic E-state index is 0.208. The zero-order chi connectivity index (χ0) is 22.1. The third-order valence-corrected chi connectivity index (χ3v) is 4.76. The number of aliphatic carboxylic acids is 1. The number of benzene rings is 2. The van der Waals surface area contributed by atoms with Gasteiger partial charge < -0.3 is 19.9 Å². The van der Waals surface area contributed by atoms with E-state index >= 15 is 0 Å². The molecule has 0 fully saturated rings. The average Bonchev–Trinajstić information content (AvgIpc) is 2.78. The molecule has 0 aliphatic heterocycles. The number of hydrogen-bond acceptors (Lipinski definition) is 6. The van der Waals surface area contributed by atoms with Gasteiger partial charge in [0.15, 0.2) is 11.5 Å². The summed E-state index contributed by atoms with van der Waals surface area (Å²) in [5.74, 6) is 3.71. The number of unbranched alkanes of at least 4 members (excludes halogenated alkanes) is 3. The molecule has 160 valence electrons. The van der Waals surface area contributed by atoms with Crippen LogP contribution in [0.2, 0.25) is 0 Å². The van der Waals surface area contributed by atoms with Gasteiger partial charge in [-0.2, -0.15) is 0 Å². The van der Waals surface area contributed by atoms with Crippen LogP contribution in [0.4, 0.5) is 11.5 Å². The lowest BCUT2D eigenvalue weighted by Crippen LogP contribution is -2.02. The molecule has 0 radical (unpaired) electrons. The number of fused-ring (bicyclic) bond motifs is 1. The van der Waals surface area contributed by atoms with E-state index in [1.54, 1.807) is 7.11 Å². The SMILES string of the molecule is C#Cc1cccc(Nc2ncnc3cc(OC)c(OCCCCCCC(=O)O)cc23)c1. The quantitative estimate of drug-likeness (QED) is 0.341. The van der Waals surface area contributed by atoms with Gasteiger partial charge in [-0.25, -0.2) is 9.97 Å². The van der Waals surface area contributed by atoms with Crippen molar-refractivity contribution in [3.63, 3.8) is 0 Å². The van der Waals surface area contributed by atoms with E-state index in [-0.39, 0.29) is 6.42 Å². The van der Waals surface area contributed by atoms with Crippen LogP contribution in [0, 0.1) is 12.3 Å². The lowest BCUT2D eigenvalue weighted by atomic mass is 10.1. The molecule has 0 aliphatic carbocycles. The first kappa shape index (κ1) is 21.9. The molecule has 0 bridgehead atoms. The van der Waals surface area contributed by atoms with Crippen LogP contribution in [-0.4, -0.2) is 34.8 Å². The lowest BCUT2D eigenvalue weighted by molar-refractivity contribution is -0.137. The minimum Gasteiger partial charge on any atom is -0.493 e. The Morgan fingerprint density at radius 2 is 1.97 bits per heavy atom. The van der Waals surface area contributed by atoms with E-state index in [1.807, 2.05) is 36.4 Å². The molecule has 2 N–H and O–H groups in total. The normalized spacial score (nSPS) is 10.5. The van der Waals surface area contributed by atoms with E-state index in [2.05, 4.69) is 21.2 Å². The third kappa shape index (κ3) is 6.09. The first-order chi connectivity index (χ1) is 15.1. The number of anilines is 2. The Kier molecular flexibility index (Phi) is 7.66. The van der Waals surface area contributed by atoms with Gasteiger partial charge in [0.05, 0.1) is 19.2 Å². The second-order valence-corrected chi connectivity index (χ2v) is 7.00. The van der Waals surface area contributed by atoms with E-state index in [9.17, 15) is 4.79 Å². The van der Waals surface area contributed by atoms with Crippen LogP contribution < -0.4 is 14.8 Å². The molecule has 7 heteroatoms. The molecule has 0 atom stereocenters. The Morgan fingerprint density at radius 3 is 2.74 bits per heavy atom. The molecule has 0 saturated heterocycles. The van der Waals surface area contributed by atoms with Crippen molar-refractivity contribution in [3.8, 4) is 23.8 Å². The topological polar surface area (TPSA) is 93.6 Å². The number of nitrogens with zero attached hydrogens (tertiary/aromatic N) is 2. The van der Waals surface area contributed by atoms with E-state index in [0.29, 0.717) is 30.3 Å². The molecular weight excluding hydrogens is 394 g/mol. The molecule has 0 aliphatic rings. The second kappa shape index (κ2) is 10.8. The number of carbonyl (C=O) groups is 1. The summed E-state index contributed by atoms with van der Waals surface area (Å²) in [7, 11) is 1.59. The molecule has 3 aromatic rings. The summed E-state index contributed by atoms with van der Waals surface area (Å²) in [5.41, 5.74) is 2.33. The van der Waals surface area contributed by atoms with Gasteiger partial charge in [-0.05, 0) is 37.1 Å². The summed E-state index contributed by atoms with van der Waals surface area (Å²) in [6, 6.07) is 11.2. The number of hydrogen-bond donors (Lipinski definition) is 2. The van der Waals surface area contributed by atoms with Crippen molar-refractivity contribution >= 4 is 28.4 Å². The molecule has 1 heterocycles. The number of rotatable bonds is 11. The first-order valence-electron chi connectivity index (χ1n) is 10.1. The molecule has 3 rings (SSSR count). The molecule has 1 aromatic heterocycles. The zero-order valence-electron chi connectivity index (χ0n) is 17.4. The maximum absolute atomic E-state index is 10.6. The van der Waals surface area contributed by atoms with Crippen molar-refractivity contribution in [2.45, 2.75) is 32.1 Å². The summed E-state index contributed by atoms with van der Waals surface area (Å²) >= 11 is 0. The number of ether oxygens (including phenoxy) is 2. The van der Waals surface area contributed by atoms with E-state index < -0.39 is 5.97 Å². The van der Waals surface area contributed by atoms with Crippen molar-refractivity contribution in [2.24, 2.45) is 0 Å². The lowest BCUT2D eigenvalue weighted by Gasteiger charge is -2.14. The smallest absolute Gasteiger partial charge is 0.303 e. The monoisotopic (exact) mass is 419 g/mol. The highest BCUT2D eigenvalue weighted by Gasteiger charge is 2.12. The Labute approximate surface area is 181 Å². The van der Waals surface area contributed by atoms with Crippen LogP contribution in [-0.2, 0) is 4.79 Å². The van der Waals surface area contributed by atoms with Crippen molar-refractivity contribution in [1.82, 2.24) is 9.97 Å². The molecular formula is C24H25N3O4. The summed E-state index contributed by atoms with van der Waals surface area (Å²) in [6.07, 6.45) is 10.5. The summed E-state index contributed by atoms with van der Waals surface area (Å²) in [4.78, 5) is 19.3. The highest BCUT2D eigenvalue weighted by atomic mass is 16.5. The van der Waals surface area contributed by atoms with Crippen LogP contribution in [0.1, 0.15) is 37.7 Å². The molecule has 0 spiro atoms. The fourth-order valence-corrected chi connectivity index (χ4v) is 3.17. The Bertz CT molecular complexity index is 1090. The molecule has 0 amide bonds. The first-order valence-corrected chi connectivity index (χ1v) is 10.1. The number of terminal acetylenes is 1. The zero-order valence-corrected chi connectivity index (χ0v) is 17.4. The van der Waals surface area contributed by atoms with Crippen molar-refractivity contribution in [3.05, 3.63) is 48.3 Å². The van der Waals surface area contributed by atoms with Crippen LogP contribution >= 0.6 is 0 Å². The van der Waals surface area contributed by atoms with Gasteiger partial charge >= 0.3 is 5.97 Å². The van der Waals surface area contributed by atoms with E-state index in [4.69, 9.17) is 21.0 Å². The number of nitrogens with one attached hydrogen (secondary N) is 1. The number of carboxylic acids is 1. The summed E-state index contributed by atoms with van der Waals surface area (Å²) in [6.45, 7) is 0.510. The summed E-state index contributed by atoms with van der Waals surface area (Å²) in [5, 5.41) is 12.8. The fraction of sp³-hybridized carbons (Fsp3) is 0.292. The van der Waals surface area contributed by atoms with Crippen molar-refractivity contribution < 1.29 is 19.4 Å². The van der Waals surface area contributed by atoms with Gasteiger partial charge in [0.25, 0.3) is 0 Å². The molecule has 31 heavy (non-hydrogen) atoms. The predicted octanol–water partition coefficient (Wildman–Crippen LogP) is 4.78. The number of carboxylic acid groups (broad SMARTS) is 1. The maximum Gasteiger partial charge on any atom is 0.303 e. The second-order valence-electron chi connectivity index (χ2n) is 7.00. The standard InChI is InChI=1S/C24H25N3O4/c1-3-17-9-8-10-18(13-17)27-24-19-14-22(21(30-2)15-20(19)25-16-26-24)31-12-7-5-4-6-11-23(28)29/h1,8-10,13-16H,4-7,11-12H2,2H3,(H,28,29)(H,25,26,27). The molecule has 0 unspecified atom stereocenters. The molecule has 7 nitrogen and oxygen atoms in total. The van der Waals surface area contributed by atoms with E-state index in [1.165, 1.54) is 6.33 Å². The maximum atomic E-state index is 10.6. The number of aromatic nitrogens is 2. The Hall–Kier alpha value is -3.79. The largest absolute Gasteiger partial charge is 0.493 e. The molecule has 0 saturated carbocycles. The van der Waals surface area contributed by atoms with Gasteiger partial charge in [-0.1, -0.05) is 24.8 Å². The predicted molar refractivity (Wildman–Crippen MR) is 120 cm³/mol. The van der Waals surface area contributed by atoms with Crippen LogP contribution in [0.15, 0.2) is 42.7 Å². The van der Waals surface area contributed by atoms with Gasteiger partial charge in [0, 0.05) is 29.1 Å². The highest BCUT2D eigenvalue weighted by Crippen LogP contribution is 2.35. The third-order valence-electron chi connectivity index (χ3n) is 4.76. The van der Waals surface area contributed by atoms with Crippen LogP contribution in [0.3, 0.4) is 0 Å². The highest BCUT2D eigenvalue weighted by molar-refractivity contribution is 5.93. The minimum atomic E-state index is -0.755. The van der Waals surface area contributed by atoms with Gasteiger partial charge in [-0.15, -0.1) is 6.42 Å². The Balaban J connectivity index is 1.73. The van der Waals surface area contributed by atoms with Gasteiger partial charge in [0.2, 0.25) is 0 Å². The summed E-state index contributed by atoms with van der Waals surface area (Å²) < 4.78 is 11.4. The Morgan fingerprint density at radius 1 is 1.13 bits per heavy atom. The van der Waals surface area contributed by atoms with Crippen molar-refractivity contribution in [2.75, 3.05) is 19.0 Å². The van der Waals surface area contributed by atoms with Gasteiger partial charge in [-0.3, -0.25) is 4.79 Å². The fourth-order valence-electron chi connectivity index (χ4n) is 3.17. The van der Waals surface area contributed by atoms with Crippen LogP contribution in [0.25, 0.3) is 10.9 Å². The molecule has 2 aromatic carbocycles. The van der Waals surface area contributed by atoms with E-state index in [0.717, 1.165) is 41.4 Å². The van der Waals surface area contributed by atoms with Crippen molar-refractivity contribution in [1.29, 1.82) is 0 Å².